The second-order valence-corrected chi connectivity index (χ2v) is 31.7. The Kier molecular flexibility index (Phi) is 13.7. The Morgan fingerprint density at radius 3 is 1.83 bits per heavy atom. The van der Waals surface area contributed by atoms with Crippen molar-refractivity contribution in [3.63, 3.8) is 0 Å². The summed E-state index contributed by atoms with van der Waals surface area (Å²) >= 11 is 0. The lowest BCUT2D eigenvalue weighted by Gasteiger charge is -2.37. The third-order valence-electron chi connectivity index (χ3n) is 7.84. The molecular weight excluding hydrogens is 583 g/mol. The van der Waals surface area contributed by atoms with E-state index in [9.17, 15) is 4.79 Å². The smallest absolute Gasteiger partial charge is 0.351 e. The zero-order valence-corrected chi connectivity index (χ0v) is 32.3. The van der Waals surface area contributed by atoms with Crippen LogP contribution >= 0.6 is 0 Å². The number of nitrogens with zero attached hydrogens (tertiary/aromatic N) is 2. The van der Waals surface area contributed by atoms with Gasteiger partial charge in [-0.05, 0) is 69.5 Å². The summed E-state index contributed by atoms with van der Waals surface area (Å²) in [5.41, 5.74) is -0.323. The SMILES string of the molecule is CCC[Si](C)(C)Nc1ccn([C@H]2O[C@@H](CO[Si](C)(C)CCC)[C@H](O[Si](C)(C)CCC)[C@H]2O[Si](C)(C)CCC)c(=O)n1. The minimum atomic E-state index is -2.07. The molecule has 1 aromatic rings. The molecule has 4 atom stereocenters. The first-order valence-corrected chi connectivity index (χ1v) is 28.6. The molecular formula is C29H61N3O5Si4. The van der Waals surface area contributed by atoms with Crippen LogP contribution in [0.4, 0.5) is 5.82 Å². The van der Waals surface area contributed by atoms with Crippen LogP contribution in [0.1, 0.15) is 59.6 Å². The maximum absolute atomic E-state index is 13.6. The van der Waals surface area contributed by atoms with Crippen molar-refractivity contribution in [2.24, 2.45) is 0 Å². The number of aromatic nitrogens is 2. The second kappa shape index (κ2) is 15.4. The van der Waals surface area contributed by atoms with E-state index in [-0.39, 0.29) is 17.9 Å². The van der Waals surface area contributed by atoms with Gasteiger partial charge in [-0.2, -0.15) is 4.98 Å². The molecule has 0 amide bonds. The third-order valence-corrected chi connectivity index (χ3v) is 18.4. The minimum Gasteiger partial charge on any atom is -0.415 e. The molecule has 1 saturated heterocycles. The highest BCUT2D eigenvalue weighted by molar-refractivity contribution is 6.80. The summed E-state index contributed by atoms with van der Waals surface area (Å²) in [5, 5.41) is 0. The van der Waals surface area contributed by atoms with E-state index in [2.05, 4.69) is 90.0 Å². The minimum absolute atomic E-state index is 0.302. The van der Waals surface area contributed by atoms with Gasteiger partial charge < -0.3 is 23.0 Å². The lowest BCUT2D eigenvalue weighted by Crippen LogP contribution is -2.50. The highest BCUT2D eigenvalue weighted by Gasteiger charge is 2.51. The monoisotopic (exact) mass is 643 g/mol. The van der Waals surface area contributed by atoms with Crippen LogP contribution in [0.3, 0.4) is 0 Å². The van der Waals surface area contributed by atoms with Crippen LogP contribution in [0.15, 0.2) is 17.1 Å². The van der Waals surface area contributed by atoms with E-state index in [0.717, 1.165) is 49.9 Å². The van der Waals surface area contributed by atoms with Gasteiger partial charge in [-0.25, -0.2) is 4.79 Å². The Balaban J connectivity index is 2.52. The Bertz CT molecular complexity index is 1000. The summed E-state index contributed by atoms with van der Waals surface area (Å²) in [6, 6.07) is 6.21. The molecule has 0 aromatic carbocycles. The molecule has 12 heteroatoms. The maximum Gasteiger partial charge on any atom is 0.351 e. The Hall–Kier alpha value is -0.612. The Morgan fingerprint density at radius 1 is 0.805 bits per heavy atom. The molecule has 1 N–H and O–H groups in total. The molecule has 0 aliphatic carbocycles. The molecule has 0 spiro atoms. The van der Waals surface area contributed by atoms with Gasteiger partial charge in [-0.15, -0.1) is 0 Å². The standard InChI is InChI=1S/C29H61N3O5Si4/c1-13-19-38(5,6)31-25-17-18-32(29(33)30-25)28-27(37-41(11,12)22-16-4)26(36-40(9,10)21-15-3)24(35-28)23-34-39(7,8)20-14-2/h17-18,24,26-28H,13-16,19-23H2,1-12H3,(H,30,31,33)/t24-,26-,27+,28-/m0/s1. The van der Waals surface area contributed by atoms with Crippen molar-refractivity contribution in [2.75, 3.05) is 11.6 Å². The molecule has 0 saturated carbocycles. The number of ether oxygens (including phenoxy) is 1. The quantitative estimate of drug-likeness (QED) is 0.163. The molecule has 0 radical (unpaired) electrons. The molecule has 2 heterocycles. The van der Waals surface area contributed by atoms with Crippen LogP contribution in [-0.2, 0) is 18.0 Å². The summed E-state index contributed by atoms with van der Waals surface area (Å²) in [5.74, 6) is 0.643. The highest BCUT2D eigenvalue weighted by atomic mass is 28.4. The van der Waals surface area contributed by atoms with Crippen LogP contribution in [0, 0.1) is 0 Å². The molecule has 8 nitrogen and oxygen atoms in total. The van der Waals surface area contributed by atoms with E-state index in [1.54, 1.807) is 4.57 Å². The summed E-state index contributed by atoms with van der Waals surface area (Å²) in [6.07, 6.45) is 4.53. The molecule has 1 aromatic heterocycles. The van der Waals surface area contributed by atoms with E-state index in [4.69, 9.17) is 18.0 Å². The fourth-order valence-corrected chi connectivity index (χ4v) is 14.9. The van der Waals surface area contributed by atoms with E-state index in [0.29, 0.717) is 12.4 Å². The summed E-state index contributed by atoms with van der Waals surface area (Å²) in [6.45, 7) is 27.4. The molecule has 2 rings (SSSR count). The normalized spacial score (nSPS) is 22.3. The molecule has 0 unspecified atom stereocenters. The molecule has 1 fully saturated rings. The Morgan fingerprint density at radius 2 is 1.32 bits per heavy atom. The largest absolute Gasteiger partial charge is 0.415 e. The third kappa shape index (κ3) is 11.4. The van der Waals surface area contributed by atoms with Gasteiger partial charge in [0.05, 0.1) is 6.61 Å². The van der Waals surface area contributed by atoms with Crippen LogP contribution in [0.5, 0.6) is 0 Å². The predicted octanol–water partition coefficient (Wildman–Crippen LogP) is 7.80. The second-order valence-electron chi connectivity index (χ2n) is 14.3. The van der Waals surface area contributed by atoms with E-state index >= 15 is 0 Å². The van der Waals surface area contributed by atoms with Crippen molar-refractivity contribution in [3.05, 3.63) is 22.7 Å². The van der Waals surface area contributed by atoms with Crippen molar-refractivity contribution < 1.29 is 18.0 Å². The average Bonchev–Trinajstić information content (AvgIpc) is 3.12. The van der Waals surface area contributed by atoms with E-state index in [1.807, 2.05) is 12.3 Å². The predicted molar refractivity (Wildman–Crippen MR) is 182 cm³/mol. The summed E-state index contributed by atoms with van der Waals surface area (Å²) in [4.78, 5) is 21.6. The van der Waals surface area contributed by atoms with Gasteiger partial charge in [-0.3, -0.25) is 4.57 Å². The first-order chi connectivity index (χ1) is 19.0. The molecule has 41 heavy (non-hydrogen) atoms. The molecule has 1 aliphatic rings. The van der Waals surface area contributed by atoms with Gasteiger partial charge in [0.15, 0.2) is 31.2 Å². The zero-order valence-electron chi connectivity index (χ0n) is 28.3. The van der Waals surface area contributed by atoms with Crippen molar-refractivity contribution in [3.8, 4) is 0 Å². The molecule has 238 valence electrons. The van der Waals surface area contributed by atoms with Gasteiger partial charge in [0.2, 0.25) is 0 Å². The van der Waals surface area contributed by atoms with Gasteiger partial charge in [0.25, 0.3) is 0 Å². The van der Waals surface area contributed by atoms with Crippen LogP contribution in [0.2, 0.25) is 76.6 Å². The van der Waals surface area contributed by atoms with Crippen LogP contribution in [-0.4, -0.2) is 67.7 Å². The zero-order chi connectivity index (χ0) is 31.1. The molecule has 0 bridgehead atoms. The van der Waals surface area contributed by atoms with Gasteiger partial charge >= 0.3 is 5.69 Å². The number of hydrogen-bond donors (Lipinski definition) is 1. The summed E-state index contributed by atoms with van der Waals surface area (Å²) in [7, 11) is -7.64. The van der Waals surface area contributed by atoms with Crippen molar-refractivity contribution in [2.45, 2.75) is 154 Å². The van der Waals surface area contributed by atoms with Crippen molar-refractivity contribution in [1.29, 1.82) is 0 Å². The number of rotatable bonds is 18. The summed E-state index contributed by atoms with van der Waals surface area (Å²) < 4.78 is 29.0. The number of nitrogens with one attached hydrogen (secondary N) is 1. The molecule has 1 aliphatic heterocycles. The Labute approximate surface area is 254 Å². The first kappa shape index (κ1) is 36.6. The number of hydrogen-bond acceptors (Lipinski definition) is 7. The fourth-order valence-electron chi connectivity index (χ4n) is 6.08. The van der Waals surface area contributed by atoms with Crippen molar-refractivity contribution >= 4 is 39.0 Å². The van der Waals surface area contributed by atoms with E-state index < -0.39 is 45.5 Å². The highest BCUT2D eigenvalue weighted by Crippen LogP contribution is 2.38. The maximum atomic E-state index is 13.6. The van der Waals surface area contributed by atoms with Gasteiger partial charge in [-0.1, -0.05) is 66.5 Å². The van der Waals surface area contributed by atoms with Crippen molar-refractivity contribution in [1.82, 2.24) is 9.55 Å². The van der Waals surface area contributed by atoms with Crippen LogP contribution in [0.25, 0.3) is 0 Å². The lowest BCUT2D eigenvalue weighted by molar-refractivity contribution is -0.0499. The van der Waals surface area contributed by atoms with E-state index in [1.165, 1.54) is 0 Å². The van der Waals surface area contributed by atoms with Gasteiger partial charge in [0.1, 0.15) is 32.4 Å². The van der Waals surface area contributed by atoms with Gasteiger partial charge in [0, 0.05) is 6.20 Å². The number of anilines is 1. The fraction of sp³-hybridized carbons (Fsp3) is 0.862. The average molecular weight is 644 g/mol. The first-order valence-electron chi connectivity index (χ1n) is 16.0. The lowest BCUT2D eigenvalue weighted by atomic mass is 10.1. The van der Waals surface area contributed by atoms with Crippen LogP contribution < -0.4 is 10.7 Å². The topological polar surface area (TPSA) is 83.8 Å².